The first kappa shape index (κ1) is 15.1. The lowest BCUT2D eigenvalue weighted by atomic mass is 10.0. The van der Waals surface area contributed by atoms with Gasteiger partial charge in [0, 0.05) is 17.1 Å². The summed E-state index contributed by atoms with van der Waals surface area (Å²) in [7, 11) is 4.39. The van der Waals surface area contributed by atoms with Crippen LogP contribution < -0.4 is 9.47 Å². The first-order valence-corrected chi connectivity index (χ1v) is 6.98. The van der Waals surface area contributed by atoms with Crippen molar-refractivity contribution in [2.24, 2.45) is 0 Å². The lowest BCUT2D eigenvalue weighted by Gasteiger charge is -2.12. The Bertz CT molecular complexity index is 650. The normalized spacial score (nSPS) is 10.6. The maximum Gasteiger partial charge on any atom is 0.342 e. The monoisotopic (exact) mass is 305 g/mol. The topological polar surface area (TPSA) is 57.7 Å². The van der Waals surface area contributed by atoms with Crippen molar-refractivity contribution in [3.05, 3.63) is 39.8 Å². The van der Waals surface area contributed by atoms with Crippen molar-refractivity contribution in [2.45, 2.75) is 0 Å². The van der Waals surface area contributed by atoms with Crippen molar-refractivity contribution >= 4 is 29.5 Å². The molecule has 0 fully saturated rings. The largest absolute Gasteiger partial charge is 0.497 e. The second kappa shape index (κ2) is 6.90. The number of hydrogen-bond donors (Lipinski definition) is 0. The summed E-state index contributed by atoms with van der Waals surface area (Å²) in [4.78, 5) is 17.0. The maximum atomic E-state index is 12.0. The minimum Gasteiger partial charge on any atom is -0.497 e. The van der Waals surface area contributed by atoms with E-state index in [1.54, 1.807) is 30.9 Å². The Balaban J connectivity index is 2.52. The summed E-state index contributed by atoms with van der Waals surface area (Å²) in [5, 5.41) is 0. The van der Waals surface area contributed by atoms with Crippen molar-refractivity contribution in [1.82, 2.24) is 4.98 Å². The molecule has 0 unspecified atom stereocenters. The Hall–Kier alpha value is -2.34. The van der Waals surface area contributed by atoms with Crippen LogP contribution in [0.2, 0.25) is 0 Å². The molecule has 0 saturated carbocycles. The van der Waals surface area contributed by atoms with E-state index in [-0.39, 0.29) is 0 Å². The molecule has 0 spiro atoms. The number of nitrogens with zero attached hydrogens (tertiary/aromatic N) is 1. The summed E-state index contributed by atoms with van der Waals surface area (Å²) >= 11 is 1.51. The average molecular weight is 305 g/mol. The Morgan fingerprint density at radius 1 is 1.19 bits per heavy atom. The molecule has 2 rings (SSSR count). The van der Waals surface area contributed by atoms with Crippen LogP contribution in [0.15, 0.2) is 23.8 Å². The van der Waals surface area contributed by atoms with E-state index in [0.29, 0.717) is 22.6 Å². The van der Waals surface area contributed by atoms with E-state index in [0.717, 1.165) is 4.88 Å². The number of benzene rings is 1. The molecule has 21 heavy (non-hydrogen) atoms. The third-order valence-corrected chi connectivity index (χ3v) is 3.57. The van der Waals surface area contributed by atoms with Gasteiger partial charge in [-0.2, -0.15) is 0 Å². The molecule has 0 bridgehead atoms. The first-order chi connectivity index (χ1) is 10.2. The predicted molar refractivity (Wildman–Crippen MR) is 81.9 cm³/mol. The lowest BCUT2D eigenvalue weighted by Crippen LogP contribution is -2.07. The highest BCUT2D eigenvalue weighted by atomic mass is 32.1. The van der Waals surface area contributed by atoms with E-state index in [9.17, 15) is 4.79 Å². The number of hydrogen-bond acceptors (Lipinski definition) is 6. The van der Waals surface area contributed by atoms with E-state index in [1.165, 1.54) is 25.6 Å². The molecule has 0 amide bonds. The van der Waals surface area contributed by atoms with Gasteiger partial charge in [0.1, 0.15) is 17.1 Å². The Kier molecular flexibility index (Phi) is 4.94. The van der Waals surface area contributed by atoms with Gasteiger partial charge in [-0.15, -0.1) is 11.3 Å². The molecule has 0 aliphatic rings. The van der Waals surface area contributed by atoms with Gasteiger partial charge < -0.3 is 14.2 Å². The summed E-state index contributed by atoms with van der Waals surface area (Å²) in [6.07, 6.45) is 5.43. The van der Waals surface area contributed by atoms with Gasteiger partial charge in [0.15, 0.2) is 0 Å². The summed E-state index contributed by atoms with van der Waals surface area (Å²) < 4.78 is 15.3. The van der Waals surface area contributed by atoms with Crippen molar-refractivity contribution < 1.29 is 19.0 Å². The quantitative estimate of drug-likeness (QED) is 0.794. The second-order valence-corrected chi connectivity index (χ2v) is 4.94. The molecule has 1 aromatic carbocycles. The second-order valence-electron chi connectivity index (χ2n) is 4.02. The van der Waals surface area contributed by atoms with Gasteiger partial charge in [-0.3, -0.25) is 4.98 Å². The number of esters is 1. The molecule has 2 aromatic rings. The van der Waals surface area contributed by atoms with Crippen LogP contribution in [0.25, 0.3) is 12.2 Å². The molecule has 110 valence electrons. The SMILES string of the molecule is COC(=O)c1c(/C=C/c2cncs2)cc(OC)cc1OC. The van der Waals surface area contributed by atoms with E-state index in [1.807, 2.05) is 12.2 Å². The van der Waals surface area contributed by atoms with Crippen LogP contribution in [-0.2, 0) is 4.74 Å². The van der Waals surface area contributed by atoms with Crippen LogP contribution in [0.5, 0.6) is 11.5 Å². The number of ether oxygens (including phenoxy) is 3. The fourth-order valence-corrected chi connectivity index (χ4v) is 2.33. The van der Waals surface area contributed by atoms with Crippen molar-refractivity contribution in [3.63, 3.8) is 0 Å². The summed E-state index contributed by atoms with van der Waals surface area (Å²) in [6.45, 7) is 0. The molecule has 0 aliphatic heterocycles. The summed E-state index contributed by atoms with van der Waals surface area (Å²) in [5.41, 5.74) is 2.76. The summed E-state index contributed by atoms with van der Waals surface area (Å²) in [6, 6.07) is 3.41. The van der Waals surface area contributed by atoms with Gasteiger partial charge in [-0.05, 0) is 17.7 Å². The fraction of sp³-hybridized carbons (Fsp3) is 0.200. The maximum absolute atomic E-state index is 12.0. The molecule has 0 N–H and O–H groups in total. The van der Waals surface area contributed by atoms with Crippen LogP contribution in [-0.4, -0.2) is 32.3 Å². The third-order valence-electron chi connectivity index (χ3n) is 2.83. The Morgan fingerprint density at radius 3 is 2.57 bits per heavy atom. The molecule has 1 heterocycles. The van der Waals surface area contributed by atoms with Gasteiger partial charge in [0.2, 0.25) is 0 Å². The van der Waals surface area contributed by atoms with Crippen LogP contribution in [0.1, 0.15) is 20.8 Å². The van der Waals surface area contributed by atoms with Gasteiger partial charge >= 0.3 is 5.97 Å². The Morgan fingerprint density at radius 2 is 2.00 bits per heavy atom. The number of carbonyl (C=O) groups is 1. The number of aromatic nitrogens is 1. The molecular formula is C15H15NO4S. The lowest BCUT2D eigenvalue weighted by molar-refractivity contribution is 0.0597. The van der Waals surface area contributed by atoms with Gasteiger partial charge in [-0.1, -0.05) is 6.08 Å². The number of thiazole rings is 1. The zero-order chi connectivity index (χ0) is 15.2. The summed E-state index contributed by atoms with van der Waals surface area (Å²) in [5.74, 6) is 0.548. The fourth-order valence-electron chi connectivity index (χ4n) is 1.82. The highest BCUT2D eigenvalue weighted by Gasteiger charge is 2.18. The number of rotatable bonds is 5. The van der Waals surface area contributed by atoms with E-state index in [2.05, 4.69) is 4.98 Å². The van der Waals surface area contributed by atoms with Crippen molar-refractivity contribution in [1.29, 1.82) is 0 Å². The van der Waals surface area contributed by atoms with E-state index in [4.69, 9.17) is 14.2 Å². The van der Waals surface area contributed by atoms with Crippen LogP contribution in [0.3, 0.4) is 0 Å². The minimum absolute atomic E-state index is 0.363. The van der Waals surface area contributed by atoms with Crippen LogP contribution in [0, 0.1) is 0 Å². The minimum atomic E-state index is -0.460. The zero-order valence-electron chi connectivity index (χ0n) is 12.0. The van der Waals surface area contributed by atoms with E-state index < -0.39 is 5.97 Å². The van der Waals surface area contributed by atoms with E-state index >= 15 is 0 Å². The molecular weight excluding hydrogens is 290 g/mol. The molecule has 0 aliphatic carbocycles. The van der Waals surface area contributed by atoms with Crippen LogP contribution in [0.4, 0.5) is 0 Å². The molecule has 0 radical (unpaired) electrons. The first-order valence-electron chi connectivity index (χ1n) is 6.10. The molecule has 6 heteroatoms. The molecule has 1 aromatic heterocycles. The average Bonchev–Trinajstić information content (AvgIpc) is 3.04. The predicted octanol–water partition coefficient (Wildman–Crippen LogP) is 3.12. The molecule has 0 saturated heterocycles. The standard InChI is InChI=1S/C15H15NO4S/c1-18-11-6-10(4-5-12-8-16-9-21-12)14(15(17)20-3)13(7-11)19-2/h4-9H,1-3H3/b5-4+. The molecule has 5 nitrogen and oxygen atoms in total. The van der Waals surface area contributed by atoms with Gasteiger partial charge in [-0.25, -0.2) is 4.79 Å². The third kappa shape index (κ3) is 3.41. The Labute approximate surface area is 126 Å². The van der Waals surface area contributed by atoms with Gasteiger partial charge in [0.25, 0.3) is 0 Å². The van der Waals surface area contributed by atoms with Crippen molar-refractivity contribution in [3.8, 4) is 11.5 Å². The smallest absolute Gasteiger partial charge is 0.342 e. The van der Waals surface area contributed by atoms with Crippen molar-refractivity contribution in [2.75, 3.05) is 21.3 Å². The zero-order valence-corrected chi connectivity index (χ0v) is 12.8. The highest BCUT2D eigenvalue weighted by molar-refractivity contribution is 7.10. The highest BCUT2D eigenvalue weighted by Crippen LogP contribution is 2.31. The number of methoxy groups -OCH3 is 3. The van der Waals surface area contributed by atoms with Gasteiger partial charge in [0.05, 0.1) is 26.8 Å². The number of carbonyl (C=O) groups excluding carboxylic acids is 1. The van der Waals surface area contributed by atoms with Crippen LogP contribution >= 0.6 is 11.3 Å². The molecule has 0 atom stereocenters.